The van der Waals surface area contributed by atoms with Gasteiger partial charge >= 0.3 is 0 Å². The molecule has 1 unspecified atom stereocenters. The van der Waals surface area contributed by atoms with Gasteiger partial charge in [0.1, 0.15) is 24.7 Å². The molecule has 14 heteroatoms. The summed E-state index contributed by atoms with van der Waals surface area (Å²) in [5.74, 6) is -1.77. The lowest BCUT2D eigenvalue weighted by atomic mass is 9.93. The lowest BCUT2D eigenvalue weighted by molar-refractivity contribution is 0.0706. The van der Waals surface area contributed by atoms with Crippen LogP contribution in [0.25, 0.3) is 22.5 Å². The maximum absolute atomic E-state index is 15.3. The van der Waals surface area contributed by atoms with Crippen LogP contribution in [-0.4, -0.2) is 65.3 Å². The smallest absolute Gasteiger partial charge is 0.289 e. The third-order valence-electron chi connectivity index (χ3n) is 6.71. The number of rotatable bonds is 10. The van der Waals surface area contributed by atoms with E-state index in [4.69, 9.17) is 18.6 Å². The number of anilines is 1. The number of nitrogens with zero attached hydrogens (tertiary/aromatic N) is 5. The van der Waals surface area contributed by atoms with Crippen molar-refractivity contribution in [1.82, 2.24) is 19.7 Å². The molecule has 1 atom stereocenters. The Kier molecular flexibility index (Phi) is 8.30. The summed E-state index contributed by atoms with van der Waals surface area (Å²) in [4.78, 5) is 8.71. The normalized spacial score (nSPS) is 17.3. The van der Waals surface area contributed by atoms with E-state index in [1.807, 2.05) is 6.92 Å². The number of ether oxygens (including phenoxy) is 3. The molecule has 0 saturated carbocycles. The van der Waals surface area contributed by atoms with Crippen LogP contribution in [-0.2, 0) is 16.2 Å². The average molecular weight is 601 g/mol. The molecule has 224 valence electrons. The van der Waals surface area contributed by atoms with Gasteiger partial charge in [-0.05, 0) is 12.1 Å². The predicted molar refractivity (Wildman–Crippen MR) is 155 cm³/mol. The Morgan fingerprint density at radius 2 is 1.95 bits per heavy atom. The first-order valence-corrected chi connectivity index (χ1v) is 17.2. The molecule has 0 saturated heterocycles. The number of pyridine rings is 1. The fourth-order valence-electron chi connectivity index (χ4n) is 4.21. The quantitative estimate of drug-likeness (QED) is 0.177. The van der Waals surface area contributed by atoms with Gasteiger partial charge < -0.3 is 33.6 Å². The van der Waals surface area contributed by atoms with Crippen molar-refractivity contribution in [2.75, 3.05) is 31.7 Å². The zero-order chi connectivity index (χ0) is 30.1. The van der Waals surface area contributed by atoms with Crippen LogP contribution in [0.4, 0.5) is 14.5 Å². The van der Waals surface area contributed by atoms with Gasteiger partial charge in [-0.2, -0.15) is 0 Å². The largest absolute Gasteiger partial charge is 0.464 e. The highest BCUT2D eigenvalue weighted by Gasteiger charge is 2.29. The molecule has 0 radical (unpaired) electrons. The number of fused-ring (bicyclic) bond motifs is 1. The lowest BCUT2D eigenvalue weighted by Crippen LogP contribution is -2.38. The summed E-state index contributed by atoms with van der Waals surface area (Å²) in [6.07, 6.45) is 3.24. The summed E-state index contributed by atoms with van der Waals surface area (Å²) in [5, 5.41) is 20.7. The molecule has 0 amide bonds. The molecule has 0 spiro atoms. The van der Waals surface area contributed by atoms with Crippen LogP contribution < -0.4 is 10.1 Å². The van der Waals surface area contributed by atoms with Crippen LogP contribution in [0.15, 0.2) is 40.0 Å². The van der Waals surface area contributed by atoms with Crippen LogP contribution in [0.5, 0.6) is 11.5 Å². The van der Waals surface area contributed by atoms with E-state index in [1.54, 1.807) is 17.7 Å². The Morgan fingerprint density at radius 3 is 2.57 bits per heavy atom. The number of aryl methyl sites for hydroxylation is 1. The number of nitrogens with one attached hydrogen (secondary N) is 1. The van der Waals surface area contributed by atoms with E-state index in [2.05, 4.69) is 45.1 Å². The standard InChI is InChI=1S/C28H34F2N6O5Si/c1-17-34-35-26(40-17)19-12-36(16-38-8-9-42(3,4)5)25-23(19)22(6-7-31-25)41-24-20(29)10-18(11-21(24)30)33-27-32-13-28(2,14-37)15-39-27/h6-7,10-12,37H,8-9,13-16H2,1-5H3,(H,32,33). The number of aromatic nitrogens is 4. The molecule has 5 rings (SSSR count). The first kappa shape index (κ1) is 29.6. The Hall–Kier alpha value is -3.88. The number of aliphatic imine (C=N–C) groups is 1. The van der Waals surface area contributed by atoms with E-state index in [0.29, 0.717) is 35.6 Å². The first-order chi connectivity index (χ1) is 19.9. The molecule has 2 N–H and O–H groups in total. The molecule has 11 nitrogen and oxygen atoms in total. The Labute approximate surface area is 242 Å². The molecule has 0 fully saturated rings. The number of hydrogen-bond acceptors (Lipinski definition) is 10. The molecule has 4 heterocycles. The van der Waals surface area contributed by atoms with E-state index >= 15 is 8.78 Å². The Balaban J connectivity index is 1.44. The van der Waals surface area contributed by atoms with Crippen molar-refractivity contribution < 1.29 is 32.5 Å². The summed E-state index contributed by atoms with van der Waals surface area (Å²) < 4.78 is 55.3. The summed E-state index contributed by atoms with van der Waals surface area (Å²) >= 11 is 0. The van der Waals surface area contributed by atoms with Gasteiger partial charge in [0, 0.05) is 57.2 Å². The third-order valence-corrected chi connectivity index (χ3v) is 8.41. The van der Waals surface area contributed by atoms with E-state index in [-0.39, 0.29) is 43.3 Å². The molecule has 0 bridgehead atoms. The van der Waals surface area contributed by atoms with Crippen LogP contribution >= 0.6 is 0 Å². The molecule has 0 aliphatic carbocycles. The minimum Gasteiger partial charge on any atom is -0.464 e. The summed E-state index contributed by atoms with van der Waals surface area (Å²) in [5.41, 5.74) is 0.538. The van der Waals surface area contributed by atoms with Gasteiger partial charge in [-0.25, -0.2) is 18.8 Å². The summed E-state index contributed by atoms with van der Waals surface area (Å²) in [6, 6.07) is 4.79. The maximum Gasteiger partial charge on any atom is 0.289 e. The minimum atomic E-state index is -1.28. The molecule has 3 aromatic heterocycles. The van der Waals surface area contributed by atoms with E-state index in [1.165, 1.54) is 12.3 Å². The van der Waals surface area contributed by atoms with Gasteiger partial charge in [0.05, 0.1) is 24.1 Å². The monoisotopic (exact) mass is 600 g/mol. The number of aliphatic hydroxyl groups excluding tert-OH is 1. The number of benzene rings is 1. The van der Waals surface area contributed by atoms with E-state index < -0.39 is 30.9 Å². The maximum atomic E-state index is 15.3. The zero-order valence-electron chi connectivity index (χ0n) is 24.2. The molecule has 1 aliphatic rings. The number of aliphatic hydroxyl groups is 1. The van der Waals surface area contributed by atoms with Crippen molar-refractivity contribution in [3.8, 4) is 23.0 Å². The second-order valence-electron chi connectivity index (χ2n) is 11.9. The molecule has 42 heavy (non-hydrogen) atoms. The highest BCUT2D eigenvalue weighted by molar-refractivity contribution is 6.76. The number of halogens is 2. The Bertz CT molecular complexity index is 1600. The van der Waals surface area contributed by atoms with Crippen molar-refractivity contribution >= 4 is 30.8 Å². The molecular formula is C28H34F2N6O5Si. The molecule has 1 aliphatic heterocycles. The highest BCUT2D eigenvalue weighted by atomic mass is 28.3. The van der Waals surface area contributed by atoms with Crippen LogP contribution in [0, 0.1) is 24.0 Å². The lowest BCUT2D eigenvalue weighted by Gasteiger charge is -2.30. The SMILES string of the molecule is Cc1nnc(-c2cn(COCC[Si](C)(C)C)c3nccc(Oc4c(F)cc(NC5=NCC(C)(CO)CO5)cc4F)c23)o1. The summed E-state index contributed by atoms with van der Waals surface area (Å²) in [7, 11) is -1.28. The predicted octanol–water partition coefficient (Wildman–Crippen LogP) is 5.57. The van der Waals surface area contributed by atoms with Gasteiger partial charge in [-0.1, -0.05) is 26.6 Å². The molecule has 1 aromatic carbocycles. The van der Waals surface area contributed by atoms with Gasteiger partial charge in [0.2, 0.25) is 11.8 Å². The van der Waals surface area contributed by atoms with Gasteiger partial charge in [-0.15, -0.1) is 10.2 Å². The van der Waals surface area contributed by atoms with Crippen LogP contribution in [0.1, 0.15) is 12.8 Å². The fourth-order valence-corrected chi connectivity index (χ4v) is 4.97. The van der Waals surface area contributed by atoms with Crippen molar-refractivity contribution in [2.24, 2.45) is 10.4 Å². The average Bonchev–Trinajstić information content (AvgIpc) is 3.53. The third kappa shape index (κ3) is 6.61. The number of hydrogen-bond donors (Lipinski definition) is 2. The van der Waals surface area contributed by atoms with Crippen molar-refractivity contribution in [1.29, 1.82) is 0 Å². The van der Waals surface area contributed by atoms with Crippen molar-refractivity contribution in [2.45, 2.75) is 46.3 Å². The van der Waals surface area contributed by atoms with Gasteiger partial charge in [0.25, 0.3) is 6.02 Å². The van der Waals surface area contributed by atoms with Crippen molar-refractivity contribution in [3.05, 3.63) is 48.1 Å². The van der Waals surface area contributed by atoms with E-state index in [9.17, 15) is 5.11 Å². The van der Waals surface area contributed by atoms with Crippen molar-refractivity contribution in [3.63, 3.8) is 0 Å². The van der Waals surface area contributed by atoms with Gasteiger partial charge in [0.15, 0.2) is 17.4 Å². The zero-order valence-corrected chi connectivity index (χ0v) is 25.2. The first-order valence-electron chi connectivity index (χ1n) is 13.5. The molecule has 4 aromatic rings. The second kappa shape index (κ2) is 11.8. The number of amidine groups is 1. The topological polar surface area (TPSA) is 129 Å². The van der Waals surface area contributed by atoms with Crippen LogP contribution in [0.3, 0.4) is 0 Å². The van der Waals surface area contributed by atoms with Gasteiger partial charge in [-0.3, -0.25) is 0 Å². The second-order valence-corrected chi connectivity index (χ2v) is 17.5. The molecular weight excluding hydrogens is 566 g/mol. The van der Waals surface area contributed by atoms with Crippen LogP contribution in [0.2, 0.25) is 25.7 Å². The Morgan fingerprint density at radius 1 is 1.19 bits per heavy atom. The highest BCUT2D eigenvalue weighted by Crippen LogP contribution is 2.39. The fraction of sp³-hybridized carbons (Fsp3) is 0.429. The van der Waals surface area contributed by atoms with E-state index in [0.717, 1.165) is 18.2 Å². The minimum absolute atomic E-state index is 0.0900. The summed E-state index contributed by atoms with van der Waals surface area (Å²) in [6.45, 7) is 11.5.